The van der Waals surface area contributed by atoms with Gasteiger partial charge in [-0.25, -0.2) is 0 Å². The summed E-state index contributed by atoms with van der Waals surface area (Å²) in [6, 6.07) is 7.30. The molecule has 2 nitrogen and oxygen atoms in total. The van der Waals surface area contributed by atoms with E-state index in [0.717, 1.165) is 5.56 Å². The van der Waals surface area contributed by atoms with Crippen LogP contribution in [0.2, 0.25) is 0 Å². The van der Waals surface area contributed by atoms with Gasteiger partial charge in [-0.2, -0.15) is 0 Å². The van der Waals surface area contributed by atoms with Crippen molar-refractivity contribution < 1.29 is 9.90 Å². The van der Waals surface area contributed by atoms with Crippen molar-refractivity contribution in [3.8, 4) is 0 Å². The summed E-state index contributed by atoms with van der Waals surface area (Å²) in [4.78, 5) is 10.9. The summed E-state index contributed by atoms with van der Waals surface area (Å²) in [7, 11) is 0. The van der Waals surface area contributed by atoms with Gasteiger partial charge < -0.3 is 0 Å². The first-order valence-electron chi connectivity index (χ1n) is 3.92. The number of ketones is 1. The first-order valence-corrected chi connectivity index (χ1v) is 4.77. The van der Waals surface area contributed by atoms with E-state index >= 15 is 0 Å². The maximum atomic E-state index is 10.9. The minimum absolute atomic E-state index is 0.0914. The summed E-state index contributed by atoms with van der Waals surface area (Å²) in [6.07, 6.45) is 0.363. The first kappa shape index (κ1) is 10.2. The molecular formula is C10H10O2Se. The van der Waals surface area contributed by atoms with Gasteiger partial charge >= 0.3 is 84.6 Å². The van der Waals surface area contributed by atoms with Crippen molar-refractivity contribution in [1.29, 1.82) is 0 Å². The molecule has 0 saturated carbocycles. The molecule has 0 radical (unpaired) electrons. The predicted molar refractivity (Wildman–Crippen MR) is 52.6 cm³/mol. The molecule has 0 aromatic heterocycles. The molecule has 1 aromatic rings. The van der Waals surface area contributed by atoms with Gasteiger partial charge in [0, 0.05) is 0 Å². The molecule has 0 aliphatic rings. The summed E-state index contributed by atoms with van der Waals surface area (Å²) >= 11 is 2.53. The molecule has 0 atom stereocenters. The second-order valence-electron chi connectivity index (χ2n) is 2.84. The zero-order valence-corrected chi connectivity index (χ0v) is 8.99. The van der Waals surface area contributed by atoms with Gasteiger partial charge in [-0.15, -0.1) is 0 Å². The van der Waals surface area contributed by atoms with E-state index in [1.807, 2.05) is 18.2 Å². The molecule has 68 valence electrons. The van der Waals surface area contributed by atoms with Crippen molar-refractivity contribution in [3.63, 3.8) is 0 Å². The van der Waals surface area contributed by atoms with Crippen molar-refractivity contribution in [2.75, 3.05) is 0 Å². The van der Waals surface area contributed by atoms with E-state index in [0.29, 0.717) is 12.0 Å². The average molecular weight is 241 g/mol. The Labute approximate surface area is 84.9 Å². The molecule has 0 fully saturated rings. The fourth-order valence-corrected chi connectivity index (χ4v) is 1.57. The standard InChI is InChI=1S/C10H10O2Se/c1-7(11)6-8-4-2-3-5-9(8)10(12)13/h2-5H,6H2,1H3,(H,12,13). The van der Waals surface area contributed by atoms with Gasteiger partial charge in [0.2, 0.25) is 0 Å². The molecule has 0 saturated heterocycles. The van der Waals surface area contributed by atoms with Gasteiger partial charge in [0.25, 0.3) is 0 Å². The van der Waals surface area contributed by atoms with Crippen LogP contribution in [0.4, 0.5) is 0 Å². The Bertz CT molecular complexity index is 345. The topological polar surface area (TPSA) is 37.3 Å². The third-order valence-electron chi connectivity index (χ3n) is 1.69. The van der Waals surface area contributed by atoms with Crippen LogP contribution in [-0.2, 0) is 11.2 Å². The van der Waals surface area contributed by atoms with Gasteiger partial charge in [0.15, 0.2) is 0 Å². The van der Waals surface area contributed by atoms with Crippen LogP contribution in [0.25, 0.3) is 0 Å². The normalized spacial score (nSPS) is 9.62. The molecule has 0 unspecified atom stereocenters. The SMILES string of the molecule is CC(=O)Cc1ccccc1C(O)=[Se]. The Morgan fingerprint density at radius 1 is 1.46 bits per heavy atom. The third kappa shape index (κ3) is 2.79. The monoisotopic (exact) mass is 242 g/mol. The summed E-state index contributed by atoms with van der Waals surface area (Å²) in [5.74, 6) is 0.0914. The summed E-state index contributed by atoms with van der Waals surface area (Å²) in [6.45, 7) is 1.53. The Kier molecular flexibility index (Phi) is 3.40. The Hall–Kier alpha value is -0.921. The Balaban J connectivity index is 3.04. The first-order chi connectivity index (χ1) is 6.11. The molecule has 1 rings (SSSR count). The van der Waals surface area contributed by atoms with E-state index in [2.05, 4.69) is 15.6 Å². The number of carbonyl (C=O) groups excluding carboxylic acids is 1. The van der Waals surface area contributed by atoms with Crippen LogP contribution in [0.15, 0.2) is 24.3 Å². The van der Waals surface area contributed by atoms with E-state index < -0.39 is 0 Å². The molecule has 1 N–H and O–H groups in total. The van der Waals surface area contributed by atoms with Gasteiger partial charge in [0.05, 0.1) is 0 Å². The van der Waals surface area contributed by atoms with Gasteiger partial charge in [-0.3, -0.25) is 0 Å². The molecule has 0 heterocycles. The maximum absolute atomic E-state index is 10.9. The van der Waals surface area contributed by atoms with E-state index in [4.69, 9.17) is 0 Å². The summed E-state index contributed by atoms with van der Waals surface area (Å²) < 4.78 is 0.136. The number of hydrogen-bond acceptors (Lipinski definition) is 2. The Morgan fingerprint density at radius 2 is 2.08 bits per heavy atom. The number of Topliss-reactive ketones (excluding diaryl/α,β-unsaturated/α-hetero) is 1. The van der Waals surface area contributed by atoms with Gasteiger partial charge in [-0.05, 0) is 0 Å². The zero-order valence-electron chi connectivity index (χ0n) is 7.28. The summed E-state index contributed by atoms with van der Waals surface area (Å²) in [5, 5.41) is 9.27. The molecule has 0 aliphatic carbocycles. The zero-order chi connectivity index (χ0) is 9.84. The van der Waals surface area contributed by atoms with E-state index in [1.165, 1.54) is 6.92 Å². The van der Waals surface area contributed by atoms with Crippen molar-refractivity contribution in [3.05, 3.63) is 35.4 Å². The Morgan fingerprint density at radius 3 is 2.62 bits per heavy atom. The van der Waals surface area contributed by atoms with Gasteiger partial charge in [0.1, 0.15) is 0 Å². The fourth-order valence-electron chi connectivity index (χ4n) is 1.15. The van der Waals surface area contributed by atoms with Crippen molar-refractivity contribution >= 4 is 26.0 Å². The third-order valence-corrected chi connectivity index (χ3v) is 2.15. The number of hydrogen-bond donors (Lipinski definition) is 1. The quantitative estimate of drug-likeness (QED) is 0.796. The van der Waals surface area contributed by atoms with Crippen molar-refractivity contribution in [1.82, 2.24) is 0 Å². The van der Waals surface area contributed by atoms with Crippen LogP contribution < -0.4 is 0 Å². The molecule has 0 aliphatic heterocycles. The van der Waals surface area contributed by atoms with Crippen LogP contribution in [0.3, 0.4) is 0 Å². The van der Waals surface area contributed by atoms with Crippen LogP contribution in [0.5, 0.6) is 0 Å². The number of carbonyl (C=O) groups is 1. The molecule has 13 heavy (non-hydrogen) atoms. The molecule has 0 amide bonds. The number of rotatable bonds is 3. The van der Waals surface area contributed by atoms with Crippen LogP contribution >= 0.6 is 0 Å². The van der Waals surface area contributed by atoms with E-state index in [9.17, 15) is 9.90 Å². The second-order valence-corrected chi connectivity index (χ2v) is 3.65. The predicted octanol–water partition coefficient (Wildman–Crippen LogP) is 0.837. The van der Waals surface area contributed by atoms with Gasteiger partial charge in [-0.1, -0.05) is 0 Å². The fraction of sp³-hybridized carbons (Fsp3) is 0.200. The van der Waals surface area contributed by atoms with E-state index in [-0.39, 0.29) is 10.4 Å². The van der Waals surface area contributed by atoms with Crippen molar-refractivity contribution in [2.45, 2.75) is 13.3 Å². The van der Waals surface area contributed by atoms with E-state index in [1.54, 1.807) is 6.07 Å². The second kappa shape index (κ2) is 4.35. The van der Waals surface area contributed by atoms with Crippen LogP contribution in [0, 0.1) is 0 Å². The molecule has 3 heteroatoms. The average Bonchev–Trinajstić information content (AvgIpc) is 2.03. The number of aliphatic hydroxyl groups is 1. The number of benzene rings is 1. The molecule has 0 bridgehead atoms. The molecule has 1 aromatic carbocycles. The van der Waals surface area contributed by atoms with Crippen LogP contribution in [-0.4, -0.2) is 31.1 Å². The molecule has 0 spiro atoms. The number of aliphatic hydroxyl groups excluding tert-OH is 1. The minimum atomic E-state index is 0.0914. The summed E-state index contributed by atoms with van der Waals surface area (Å²) in [5.41, 5.74) is 1.56. The van der Waals surface area contributed by atoms with Crippen molar-refractivity contribution in [2.24, 2.45) is 0 Å². The molecular weight excluding hydrogens is 231 g/mol. The van der Waals surface area contributed by atoms with Crippen LogP contribution in [0.1, 0.15) is 18.1 Å².